The minimum absolute atomic E-state index is 0.462. The van der Waals surface area contributed by atoms with E-state index in [9.17, 15) is 8.78 Å². The molecule has 0 amide bonds. The predicted molar refractivity (Wildman–Crippen MR) is 84.1 cm³/mol. The maximum atomic E-state index is 13.1. The standard InChI is InChI=1S/C17H13F2N3/c1-11-8-17(21-16-5-3-2-4-13(11)16)22-20-10-12-6-7-14(18)15(19)9-12/h2-10H,1H3,(H,21,22)/b20-10+. The van der Waals surface area contributed by atoms with Crippen molar-refractivity contribution in [3.63, 3.8) is 0 Å². The average Bonchev–Trinajstić information content (AvgIpc) is 2.51. The first-order chi connectivity index (χ1) is 10.6. The van der Waals surface area contributed by atoms with E-state index in [0.717, 1.165) is 28.6 Å². The summed E-state index contributed by atoms with van der Waals surface area (Å²) in [5.41, 5.74) is 5.21. The number of para-hydroxylation sites is 1. The molecule has 2 aromatic carbocycles. The Bertz CT molecular complexity index is 860. The summed E-state index contributed by atoms with van der Waals surface area (Å²) in [4.78, 5) is 4.44. The fourth-order valence-electron chi connectivity index (χ4n) is 2.17. The van der Waals surface area contributed by atoms with Crippen LogP contribution in [0.4, 0.5) is 14.6 Å². The van der Waals surface area contributed by atoms with Crippen molar-refractivity contribution in [2.45, 2.75) is 6.92 Å². The van der Waals surface area contributed by atoms with Gasteiger partial charge in [0.25, 0.3) is 0 Å². The molecule has 0 aliphatic carbocycles. The molecule has 3 rings (SSSR count). The Balaban J connectivity index is 1.81. The highest BCUT2D eigenvalue weighted by atomic mass is 19.2. The molecule has 0 atom stereocenters. The fraction of sp³-hybridized carbons (Fsp3) is 0.0588. The molecule has 0 bridgehead atoms. The molecule has 5 heteroatoms. The SMILES string of the molecule is Cc1cc(N/N=C/c2ccc(F)c(F)c2)nc2ccccc12. The van der Waals surface area contributed by atoms with Crippen molar-refractivity contribution >= 4 is 22.9 Å². The van der Waals surface area contributed by atoms with Gasteiger partial charge in [0, 0.05) is 5.39 Å². The highest BCUT2D eigenvalue weighted by Crippen LogP contribution is 2.19. The van der Waals surface area contributed by atoms with Crippen molar-refractivity contribution in [3.8, 4) is 0 Å². The Kier molecular flexibility index (Phi) is 3.78. The van der Waals surface area contributed by atoms with Gasteiger partial charge in [-0.3, -0.25) is 5.43 Å². The number of aryl methyl sites for hydroxylation is 1. The Morgan fingerprint density at radius 1 is 1.05 bits per heavy atom. The van der Waals surface area contributed by atoms with E-state index in [1.807, 2.05) is 37.3 Å². The second-order valence-electron chi connectivity index (χ2n) is 4.89. The summed E-state index contributed by atoms with van der Waals surface area (Å²) in [6.45, 7) is 1.99. The van der Waals surface area contributed by atoms with Crippen LogP contribution < -0.4 is 5.43 Å². The summed E-state index contributed by atoms with van der Waals surface area (Å²) >= 11 is 0. The molecule has 110 valence electrons. The van der Waals surface area contributed by atoms with Gasteiger partial charge < -0.3 is 0 Å². The zero-order valence-electron chi connectivity index (χ0n) is 11.8. The molecule has 0 aliphatic rings. The molecule has 1 N–H and O–H groups in total. The number of hydrazone groups is 1. The predicted octanol–water partition coefficient (Wildman–Crippen LogP) is 4.27. The van der Waals surface area contributed by atoms with E-state index < -0.39 is 11.6 Å². The molecule has 0 unspecified atom stereocenters. The molecule has 1 heterocycles. The molecule has 3 aromatic rings. The Morgan fingerprint density at radius 3 is 2.68 bits per heavy atom. The minimum atomic E-state index is -0.899. The lowest BCUT2D eigenvalue weighted by atomic mass is 10.1. The van der Waals surface area contributed by atoms with Crippen molar-refractivity contribution in [3.05, 3.63) is 71.3 Å². The van der Waals surface area contributed by atoms with Gasteiger partial charge in [-0.15, -0.1) is 0 Å². The number of hydrogen-bond acceptors (Lipinski definition) is 3. The van der Waals surface area contributed by atoms with E-state index in [1.54, 1.807) is 0 Å². The summed E-state index contributed by atoms with van der Waals surface area (Å²) in [6.07, 6.45) is 1.41. The lowest BCUT2D eigenvalue weighted by molar-refractivity contribution is 0.508. The lowest BCUT2D eigenvalue weighted by Crippen LogP contribution is -1.96. The van der Waals surface area contributed by atoms with Gasteiger partial charge in [0.05, 0.1) is 11.7 Å². The lowest BCUT2D eigenvalue weighted by Gasteiger charge is -2.05. The van der Waals surface area contributed by atoms with E-state index >= 15 is 0 Å². The number of pyridine rings is 1. The summed E-state index contributed by atoms with van der Waals surface area (Å²) in [5.74, 6) is -1.18. The monoisotopic (exact) mass is 297 g/mol. The van der Waals surface area contributed by atoms with Gasteiger partial charge in [-0.1, -0.05) is 24.3 Å². The molecule has 0 spiro atoms. The van der Waals surface area contributed by atoms with Gasteiger partial charge in [-0.25, -0.2) is 13.8 Å². The van der Waals surface area contributed by atoms with Gasteiger partial charge >= 0.3 is 0 Å². The van der Waals surface area contributed by atoms with Crippen LogP contribution in [0.1, 0.15) is 11.1 Å². The van der Waals surface area contributed by atoms with E-state index in [0.29, 0.717) is 11.4 Å². The molecule has 0 aliphatic heterocycles. The number of fused-ring (bicyclic) bond motifs is 1. The average molecular weight is 297 g/mol. The van der Waals surface area contributed by atoms with Crippen LogP contribution in [-0.4, -0.2) is 11.2 Å². The van der Waals surface area contributed by atoms with Gasteiger partial charge in [0.15, 0.2) is 11.6 Å². The molecule has 3 nitrogen and oxygen atoms in total. The zero-order chi connectivity index (χ0) is 15.5. The van der Waals surface area contributed by atoms with Crippen LogP contribution in [-0.2, 0) is 0 Å². The Morgan fingerprint density at radius 2 is 1.86 bits per heavy atom. The van der Waals surface area contributed by atoms with Gasteiger partial charge in [0.1, 0.15) is 5.82 Å². The van der Waals surface area contributed by atoms with Crippen molar-refractivity contribution in [1.29, 1.82) is 0 Å². The second-order valence-corrected chi connectivity index (χ2v) is 4.89. The number of anilines is 1. The third-order valence-corrected chi connectivity index (χ3v) is 3.26. The molecule has 0 saturated heterocycles. The molecule has 22 heavy (non-hydrogen) atoms. The first-order valence-electron chi connectivity index (χ1n) is 6.74. The van der Waals surface area contributed by atoms with E-state index in [2.05, 4.69) is 15.5 Å². The summed E-state index contributed by atoms with van der Waals surface area (Å²) in [6, 6.07) is 13.3. The topological polar surface area (TPSA) is 37.3 Å². The van der Waals surface area contributed by atoms with Crippen molar-refractivity contribution in [2.75, 3.05) is 5.43 Å². The summed E-state index contributed by atoms with van der Waals surface area (Å²) in [5, 5.41) is 5.09. The highest BCUT2D eigenvalue weighted by Gasteiger charge is 2.02. The highest BCUT2D eigenvalue weighted by molar-refractivity contribution is 5.84. The minimum Gasteiger partial charge on any atom is -0.261 e. The zero-order valence-corrected chi connectivity index (χ0v) is 11.8. The van der Waals surface area contributed by atoms with Crippen LogP contribution in [0.2, 0.25) is 0 Å². The van der Waals surface area contributed by atoms with Crippen molar-refractivity contribution in [1.82, 2.24) is 4.98 Å². The maximum Gasteiger partial charge on any atom is 0.159 e. The largest absolute Gasteiger partial charge is 0.261 e. The van der Waals surface area contributed by atoms with Crippen molar-refractivity contribution in [2.24, 2.45) is 5.10 Å². The smallest absolute Gasteiger partial charge is 0.159 e. The number of benzene rings is 2. The number of nitrogens with zero attached hydrogens (tertiary/aromatic N) is 2. The normalized spacial score (nSPS) is 11.2. The van der Waals surface area contributed by atoms with Crippen LogP contribution in [0.5, 0.6) is 0 Å². The van der Waals surface area contributed by atoms with Crippen LogP contribution in [0.25, 0.3) is 10.9 Å². The Hall–Kier alpha value is -2.82. The molecule has 0 fully saturated rings. The quantitative estimate of drug-likeness (QED) is 0.579. The van der Waals surface area contributed by atoms with Gasteiger partial charge in [0.2, 0.25) is 0 Å². The molecule has 0 saturated carbocycles. The molecular weight excluding hydrogens is 284 g/mol. The van der Waals surface area contributed by atoms with Crippen LogP contribution in [0.15, 0.2) is 53.6 Å². The van der Waals surface area contributed by atoms with Crippen LogP contribution in [0.3, 0.4) is 0 Å². The van der Waals surface area contributed by atoms with Crippen LogP contribution >= 0.6 is 0 Å². The summed E-state index contributed by atoms with van der Waals surface area (Å²) in [7, 11) is 0. The third kappa shape index (κ3) is 2.93. The van der Waals surface area contributed by atoms with E-state index in [4.69, 9.17) is 0 Å². The fourth-order valence-corrected chi connectivity index (χ4v) is 2.17. The van der Waals surface area contributed by atoms with Gasteiger partial charge in [-0.05, 0) is 42.3 Å². The number of hydrogen-bond donors (Lipinski definition) is 1. The van der Waals surface area contributed by atoms with Crippen molar-refractivity contribution < 1.29 is 8.78 Å². The first kappa shape index (κ1) is 14.1. The summed E-state index contributed by atoms with van der Waals surface area (Å²) < 4.78 is 25.9. The number of rotatable bonds is 3. The maximum absolute atomic E-state index is 13.1. The number of nitrogens with one attached hydrogen (secondary N) is 1. The number of halogens is 2. The van der Waals surface area contributed by atoms with E-state index in [-0.39, 0.29) is 0 Å². The van der Waals surface area contributed by atoms with Crippen LogP contribution in [0, 0.1) is 18.6 Å². The first-order valence-corrected chi connectivity index (χ1v) is 6.74. The molecule has 1 aromatic heterocycles. The number of aromatic nitrogens is 1. The third-order valence-electron chi connectivity index (χ3n) is 3.26. The second kappa shape index (κ2) is 5.89. The van der Waals surface area contributed by atoms with Gasteiger partial charge in [-0.2, -0.15) is 5.10 Å². The molecule has 0 radical (unpaired) electrons. The van der Waals surface area contributed by atoms with E-state index in [1.165, 1.54) is 12.3 Å². The Labute approximate surface area is 126 Å². The molecular formula is C17H13F2N3.